The molecule has 0 aliphatic heterocycles. The summed E-state index contributed by atoms with van der Waals surface area (Å²) < 4.78 is 100. The van der Waals surface area contributed by atoms with Crippen LogP contribution in [-0.2, 0) is 24.4 Å². The first-order chi connectivity index (χ1) is 12.7. The highest BCUT2D eigenvalue weighted by atomic mass is 32.2. The maximum absolute atomic E-state index is 13.5. The molecule has 0 radical (unpaired) electrons. The molecule has 0 heterocycles. The monoisotopic (exact) mass is 434 g/mol. The van der Waals surface area contributed by atoms with E-state index in [1.165, 1.54) is 0 Å². The average molecular weight is 434 g/mol. The van der Waals surface area contributed by atoms with Crippen LogP contribution in [0.2, 0.25) is 0 Å². The zero-order chi connectivity index (χ0) is 21.1. The number of halogens is 5. The van der Waals surface area contributed by atoms with E-state index in [4.69, 9.17) is 9.29 Å². The molecule has 0 spiro atoms. The Kier molecular flexibility index (Phi) is 5.06. The molecule has 6 nitrogen and oxygen atoms in total. The third-order valence-electron chi connectivity index (χ3n) is 6.21. The third kappa shape index (κ3) is 3.53. The first-order valence-electron chi connectivity index (χ1n) is 8.80. The predicted molar refractivity (Wildman–Crippen MR) is 82.6 cm³/mol. The lowest BCUT2D eigenvalue weighted by atomic mass is 9.49. The number of rotatable bonds is 6. The van der Waals surface area contributed by atoms with Gasteiger partial charge in [0.05, 0.1) is 12.0 Å². The number of ether oxygens (including phenoxy) is 1. The Morgan fingerprint density at radius 2 is 1.68 bits per heavy atom. The van der Waals surface area contributed by atoms with Crippen molar-refractivity contribution in [1.82, 2.24) is 0 Å². The Bertz CT molecular complexity index is 759. The average Bonchev–Trinajstić information content (AvgIpc) is 2.53. The van der Waals surface area contributed by atoms with E-state index in [-0.39, 0.29) is 36.4 Å². The molecule has 0 amide bonds. The molecule has 1 N–H and O–H groups in total. The van der Waals surface area contributed by atoms with Crippen LogP contribution in [-0.4, -0.2) is 42.8 Å². The molecule has 28 heavy (non-hydrogen) atoms. The fourth-order valence-corrected chi connectivity index (χ4v) is 5.73. The van der Waals surface area contributed by atoms with E-state index in [2.05, 4.69) is 0 Å². The molecular formula is C16H19F5O6S. The lowest BCUT2D eigenvalue weighted by molar-refractivity contribution is -0.224. The summed E-state index contributed by atoms with van der Waals surface area (Å²) in [6.07, 6.45) is -4.91. The number of alkyl halides is 5. The Morgan fingerprint density at radius 3 is 2.14 bits per heavy atom. The van der Waals surface area contributed by atoms with Crippen LogP contribution in [0.5, 0.6) is 0 Å². The molecule has 4 rings (SSSR count). The SMILES string of the molecule is O=C1C2CC3CC1CC(C(=O)OCCC(C(F)(F)F)C(F)(F)S(=O)(=O)O)(C3)C2. The Hall–Kier alpha value is -1.30. The van der Waals surface area contributed by atoms with Gasteiger partial charge in [0.15, 0.2) is 0 Å². The first-order valence-corrected chi connectivity index (χ1v) is 10.2. The van der Waals surface area contributed by atoms with Crippen molar-refractivity contribution in [2.45, 2.75) is 50.0 Å². The van der Waals surface area contributed by atoms with E-state index < -0.39 is 51.9 Å². The smallest absolute Gasteiger partial charge is 0.398 e. The molecule has 4 aliphatic carbocycles. The van der Waals surface area contributed by atoms with Crippen molar-refractivity contribution in [2.24, 2.45) is 29.1 Å². The maximum atomic E-state index is 13.5. The van der Waals surface area contributed by atoms with Gasteiger partial charge >= 0.3 is 27.5 Å². The van der Waals surface area contributed by atoms with E-state index in [1.807, 2.05) is 0 Å². The zero-order valence-electron chi connectivity index (χ0n) is 14.5. The fourth-order valence-electron chi connectivity index (χ4n) is 5.12. The van der Waals surface area contributed by atoms with Crippen molar-refractivity contribution in [2.75, 3.05) is 6.61 Å². The summed E-state index contributed by atoms with van der Waals surface area (Å²) >= 11 is 0. The van der Waals surface area contributed by atoms with Gasteiger partial charge in [-0.1, -0.05) is 0 Å². The summed E-state index contributed by atoms with van der Waals surface area (Å²) in [7, 11) is -6.31. The minimum atomic E-state index is -6.31. The van der Waals surface area contributed by atoms with Gasteiger partial charge in [0.25, 0.3) is 0 Å². The molecule has 4 bridgehead atoms. The topological polar surface area (TPSA) is 97.7 Å². The number of hydrogen-bond acceptors (Lipinski definition) is 5. The van der Waals surface area contributed by atoms with E-state index in [9.17, 15) is 40.0 Å². The minimum absolute atomic E-state index is 0.0873. The van der Waals surface area contributed by atoms with Gasteiger partial charge in [-0.05, 0) is 38.0 Å². The Morgan fingerprint density at radius 1 is 1.14 bits per heavy atom. The lowest BCUT2D eigenvalue weighted by Gasteiger charge is -2.53. The normalized spacial score (nSPS) is 33.8. The largest absolute Gasteiger partial charge is 0.465 e. The fraction of sp³-hybridized carbons (Fsp3) is 0.875. The molecule has 4 saturated carbocycles. The third-order valence-corrected chi connectivity index (χ3v) is 7.18. The van der Waals surface area contributed by atoms with Gasteiger partial charge in [0.2, 0.25) is 0 Å². The molecular weight excluding hydrogens is 415 g/mol. The standard InChI is InChI=1S/C16H19F5O6S/c17-15(18,19)11(16(20,21)28(24,25)26)1-2-27-13(23)14-5-8-3-9(6-14)12(22)10(4-8)7-14/h8-11H,1-7H2,(H,24,25,26). The highest BCUT2D eigenvalue weighted by Crippen LogP contribution is 2.59. The van der Waals surface area contributed by atoms with Crippen molar-refractivity contribution in [3.05, 3.63) is 0 Å². The van der Waals surface area contributed by atoms with Crippen LogP contribution in [0.3, 0.4) is 0 Å². The quantitative estimate of drug-likeness (QED) is 0.392. The summed E-state index contributed by atoms with van der Waals surface area (Å²) in [5.74, 6) is -4.90. The van der Waals surface area contributed by atoms with Crippen LogP contribution in [0.1, 0.15) is 38.5 Å². The minimum Gasteiger partial charge on any atom is -0.465 e. The summed E-state index contributed by atoms with van der Waals surface area (Å²) in [6.45, 7) is -1.08. The molecule has 0 aromatic rings. The van der Waals surface area contributed by atoms with E-state index in [0.29, 0.717) is 19.3 Å². The van der Waals surface area contributed by atoms with E-state index >= 15 is 0 Å². The zero-order valence-corrected chi connectivity index (χ0v) is 15.4. The van der Waals surface area contributed by atoms with Crippen molar-refractivity contribution >= 4 is 21.9 Å². The number of esters is 1. The van der Waals surface area contributed by atoms with Crippen LogP contribution in [0.4, 0.5) is 22.0 Å². The molecule has 0 aromatic carbocycles. The number of ketones is 1. The Labute approximate surface area is 157 Å². The van der Waals surface area contributed by atoms with Gasteiger partial charge in [-0.15, -0.1) is 0 Å². The molecule has 3 atom stereocenters. The van der Waals surface area contributed by atoms with Crippen molar-refractivity contribution in [1.29, 1.82) is 0 Å². The number of hydrogen-bond donors (Lipinski definition) is 1. The second-order valence-electron chi connectivity index (χ2n) is 8.08. The van der Waals surface area contributed by atoms with E-state index in [0.717, 1.165) is 0 Å². The van der Waals surface area contributed by atoms with Gasteiger partial charge in [-0.2, -0.15) is 30.4 Å². The molecule has 4 fully saturated rings. The number of carbonyl (C=O) groups excluding carboxylic acids is 2. The second kappa shape index (κ2) is 6.61. The summed E-state index contributed by atoms with van der Waals surface area (Å²) in [5.41, 5.74) is -0.996. The van der Waals surface area contributed by atoms with Gasteiger partial charge < -0.3 is 4.74 Å². The Balaban J connectivity index is 1.67. The molecule has 0 aromatic heterocycles. The van der Waals surface area contributed by atoms with Crippen LogP contribution >= 0.6 is 0 Å². The van der Waals surface area contributed by atoms with Gasteiger partial charge in [0, 0.05) is 18.3 Å². The molecule has 4 aliphatic rings. The van der Waals surface area contributed by atoms with Crippen LogP contribution in [0.25, 0.3) is 0 Å². The highest BCUT2D eigenvalue weighted by molar-refractivity contribution is 7.86. The van der Waals surface area contributed by atoms with E-state index in [1.54, 1.807) is 0 Å². The molecule has 0 saturated heterocycles. The molecule has 3 unspecified atom stereocenters. The van der Waals surface area contributed by atoms with Crippen LogP contribution in [0, 0.1) is 29.1 Å². The number of carbonyl (C=O) groups is 2. The van der Waals surface area contributed by atoms with Crippen LogP contribution in [0.15, 0.2) is 0 Å². The lowest BCUT2D eigenvalue weighted by Crippen LogP contribution is -2.55. The molecule has 160 valence electrons. The summed E-state index contributed by atoms with van der Waals surface area (Å²) in [5, 5.41) is -5.47. The van der Waals surface area contributed by atoms with Crippen molar-refractivity contribution < 1.29 is 49.2 Å². The van der Waals surface area contributed by atoms with Crippen LogP contribution < -0.4 is 0 Å². The van der Waals surface area contributed by atoms with Gasteiger partial charge in [0.1, 0.15) is 11.7 Å². The second-order valence-corrected chi connectivity index (χ2v) is 9.58. The first kappa shape index (κ1) is 21.4. The highest BCUT2D eigenvalue weighted by Gasteiger charge is 2.63. The van der Waals surface area contributed by atoms with Gasteiger partial charge in [-0.25, -0.2) is 0 Å². The predicted octanol–water partition coefficient (Wildman–Crippen LogP) is 2.97. The van der Waals surface area contributed by atoms with Gasteiger partial charge in [-0.3, -0.25) is 14.1 Å². The van der Waals surface area contributed by atoms with Crippen molar-refractivity contribution in [3.8, 4) is 0 Å². The van der Waals surface area contributed by atoms with Crippen molar-refractivity contribution in [3.63, 3.8) is 0 Å². The summed E-state index contributed by atoms with van der Waals surface area (Å²) in [4.78, 5) is 24.6. The number of Topliss-reactive ketones (excluding diaryl/α,β-unsaturated/α-hetero) is 1. The maximum Gasteiger partial charge on any atom is 0.398 e. The molecule has 12 heteroatoms. The summed E-state index contributed by atoms with van der Waals surface area (Å²) in [6, 6.07) is 0.